The third-order valence-corrected chi connectivity index (χ3v) is 8.77. The van der Waals surface area contributed by atoms with Crippen LogP contribution in [-0.2, 0) is 4.79 Å². The highest BCUT2D eigenvalue weighted by Crippen LogP contribution is 2.45. The molecule has 3 nitrogen and oxygen atoms in total. The van der Waals surface area contributed by atoms with Crippen LogP contribution in [0.2, 0.25) is 0 Å². The lowest BCUT2D eigenvalue weighted by Gasteiger charge is -2.48. The maximum Gasteiger partial charge on any atom is 0.234 e. The maximum atomic E-state index is 13.3. The molecule has 0 bridgehead atoms. The van der Waals surface area contributed by atoms with Gasteiger partial charge in [-0.1, -0.05) is 57.7 Å². The number of rotatable bonds is 3. The molecule has 0 radical (unpaired) electrons. The molecule has 0 N–H and O–H groups in total. The summed E-state index contributed by atoms with van der Waals surface area (Å²) in [4.78, 5) is 18.3. The fourth-order valence-corrected chi connectivity index (χ4v) is 7.22. The molecule has 2 heterocycles. The van der Waals surface area contributed by atoms with Gasteiger partial charge in [0.15, 0.2) is 0 Å². The Kier molecular flexibility index (Phi) is 5.45. The van der Waals surface area contributed by atoms with Gasteiger partial charge in [0.2, 0.25) is 5.91 Å². The van der Waals surface area contributed by atoms with Crippen molar-refractivity contribution >= 4 is 11.6 Å². The van der Waals surface area contributed by atoms with E-state index in [0.29, 0.717) is 17.9 Å². The lowest BCUT2D eigenvalue weighted by Crippen LogP contribution is -2.55. The second-order valence-electron chi connectivity index (χ2n) is 10.3. The number of anilines is 1. The van der Waals surface area contributed by atoms with Gasteiger partial charge in [-0.3, -0.25) is 9.69 Å². The van der Waals surface area contributed by atoms with Crippen molar-refractivity contribution in [2.75, 3.05) is 18.0 Å². The topological polar surface area (TPSA) is 23.6 Å². The van der Waals surface area contributed by atoms with E-state index in [0.717, 1.165) is 37.3 Å². The Labute approximate surface area is 176 Å². The molecule has 3 heteroatoms. The number of hydrogen-bond donors (Lipinski definition) is 0. The summed E-state index contributed by atoms with van der Waals surface area (Å²) in [5, 5.41) is 0. The number of carbonyl (C=O) groups excluding carboxylic acids is 1. The van der Waals surface area contributed by atoms with Gasteiger partial charge in [0.1, 0.15) is 0 Å². The average Bonchev–Trinajstić information content (AvgIpc) is 3.04. The first-order valence-corrected chi connectivity index (χ1v) is 12.3. The minimum absolute atomic E-state index is 0.0676. The summed E-state index contributed by atoms with van der Waals surface area (Å²) in [5.74, 6) is 2.98. The zero-order valence-electron chi connectivity index (χ0n) is 18.4. The molecule has 3 fully saturated rings. The molecular formula is C26H38N2O. The van der Waals surface area contributed by atoms with Gasteiger partial charge in [-0.15, -0.1) is 0 Å². The van der Waals surface area contributed by atoms with Crippen molar-refractivity contribution in [3.63, 3.8) is 0 Å². The van der Waals surface area contributed by atoms with Gasteiger partial charge in [-0.2, -0.15) is 0 Å². The van der Waals surface area contributed by atoms with E-state index in [-0.39, 0.29) is 5.92 Å². The van der Waals surface area contributed by atoms with Crippen LogP contribution in [0.1, 0.15) is 83.1 Å². The maximum absolute atomic E-state index is 13.3. The number of piperidine rings is 1. The molecule has 29 heavy (non-hydrogen) atoms. The highest BCUT2D eigenvalue weighted by molar-refractivity contribution is 6.05. The van der Waals surface area contributed by atoms with Crippen LogP contribution in [0, 0.1) is 17.8 Å². The highest BCUT2D eigenvalue weighted by Gasteiger charge is 2.44. The Morgan fingerprint density at radius 1 is 1.00 bits per heavy atom. The van der Waals surface area contributed by atoms with Crippen LogP contribution in [0.25, 0.3) is 0 Å². The summed E-state index contributed by atoms with van der Waals surface area (Å²) in [7, 11) is 0. The third kappa shape index (κ3) is 3.44. The van der Waals surface area contributed by atoms with Gasteiger partial charge < -0.3 is 4.90 Å². The van der Waals surface area contributed by atoms with Crippen molar-refractivity contribution in [3.05, 3.63) is 29.8 Å². The Morgan fingerprint density at radius 2 is 1.79 bits per heavy atom. The number of amides is 1. The van der Waals surface area contributed by atoms with Gasteiger partial charge in [-0.05, 0) is 61.5 Å². The van der Waals surface area contributed by atoms with E-state index in [1.54, 1.807) is 0 Å². The van der Waals surface area contributed by atoms with Gasteiger partial charge in [-0.25, -0.2) is 0 Å². The molecule has 0 spiro atoms. The molecule has 2 aliphatic carbocycles. The summed E-state index contributed by atoms with van der Waals surface area (Å²) >= 11 is 0. The van der Waals surface area contributed by atoms with E-state index in [2.05, 4.69) is 47.9 Å². The van der Waals surface area contributed by atoms with Gasteiger partial charge in [0.25, 0.3) is 0 Å². The van der Waals surface area contributed by atoms with Gasteiger partial charge in [0, 0.05) is 30.9 Å². The quantitative estimate of drug-likeness (QED) is 0.666. The lowest BCUT2D eigenvalue weighted by molar-refractivity contribution is -0.120. The van der Waals surface area contributed by atoms with Crippen LogP contribution in [0.15, 0.2) is 24.3 Å². The van der Waals surface area contributed by atoms with Crippen LogP contribution in [-0.4, -0.2) is 36.0 Å². The number of fused-ring (bicyclic) bond motifs is 2. The van der Waals surface area contributed by atoms with Crippen LogP contribution in [0.3, 0.4) is 0 Å². The summed E-state index contributed by atoms with van der Waals surface area (Å²) in [5.41, 5.74) is 2.45. The summed E-state index contributed by atoms with van der Waals surface area (Å²) in [6.45, 7) is 6.87. The Balaban J connectivity index is 1.28. The molecule has 1 aromatic carbocycles. The monoisotopic (exact) mass is 394 g/mol. The van der Waals surface area contributed by atoms with Crippen molar-refractivity contribution in [2.45, 2.75) is 89.6 Å². The average molecular weight is 395 g/mol. The van der Waals surface area contributed by atoms with Crippen LogP contribution in [0.5, 0.6) is 0 Å². The molecule has 2 aliphatic heterocycles. The van der Waals surface area contributed by atoms with Crippen molar-refractivity contribution in [1.29, 1.82) is 0 Å². The first kappa shape index (κ1) is 19.6. The van der Waals surface area contributed by atoms with E-state index in [1.807, 2.05) is 0 Å². The SMILES string of the molecule is CCC1C(=O)N(C2CCN(C3CCC4CCCCC4C3)CC2C)c2ccccc21. The Bertz CT molecular complexity index is 746. The molecule has 2 saturated carbocycles. The van der Waals surface area contributed by atoms with Crippen molar-refractivity contribution in [3.8, 4) is 0 Å². The second-order valence-corrected chi connectivity index (χ2v) is 10.3. The number of benzene rings is 1. The Hall–Kier alpha value is -1.35. The van der Waals surface area contributed by atoms with Crippen molar-refractivity contribution in [1.82, 2.24) is 4.90 Å². The zero-order valence-corrected chi connectivity index (χ0v) is 18.4. The first-order valence-electron chi connectivity index (χ1n) is 12.3. The van der Waals surface area contributed by atoms with E-state index < -0.39 is 0 Å². The first-order chi connectivity index (χ1) is 14.2. The van der Waals surface area contributed by atoms with Gasteiger partial charge >= 0.3 is 0 Å². The van der Waals surface area contributed by atoms with E-state index in [9.17, 15) is 4.79 Å². The standard InChI is InChI=1S/C26H38N2O/c1-3-22-23-10-6-7-11-25(23)28(26(22)29)24-14-15-27(17-18(24)2)21-13-12-19-8-4-5-9-20(19)16-21/h6-7,10-11,18-22,24H,3-5,8-9,12-17H2,1-2H3. The number of nitrogens with zero attached hydrogens (tertiary/aromatic N) is 2. The lowest BCUT2D eigenvalue weighted by atomic mass is 9.69. The zero-order chi connectivity index (χ0) is 20.0. The fourth-order valence-electron chi connectivity index (χ4n) is 7.22. The van der Waals surface area contributed by atoms with Crippen molar-refractivity contribution in [2.24, 2.45) is 17.8 Å². The minimum atomic E-state index is 0.0676. The molecule has 158 valence electrons. The smallest absolute Gasteiger partial charge is 0.234 e. The van der Waals surface area contributed by atoms with Crippen LogP contribution in [0.4, 0.5) is 5.69 Å². The largest absolute Gasteiger partial charge is 0.308 e. The van der Waals surface area contributed by atoms with E-state index in [4.69, 9.17) is 0 Å². The number of likely N-dealkylation sites (tertiary alicyclic amines) is 1. The minimum Gasteiger partial charge on any atom is -0.308 e. The molecule has 1 saturated heterocycles. The molecular weight excluding hydrogens is 356 g/mol. The van der Waals surface area contributed by atoms with Gasteiger partial charge in [0.05, 0.1) is 5.92 Å². The third-order valence-electron chi connectivity index (χ3n) is 8.77. The molecule has 0 aromatic heterocycles. The van der Waals surface area contributed by atoms with Crippen LogP contribution >= 0.6 is 0 Å². The predicted molar refractivity (Wildman–Crippen MR) is 119 cm³/mol. The fraction of sp³-hybridized carbons (Fsp3) is 0.731. The molecule has 5 rings (SSSR count). The molecule has 1 amide bonds. The molecule has 6 unspecified atom stereocenters. The van der Waals surface area contributed by atoms with Crippen molar-refractivity contribution < 1.29 is 4.79 Å². The Morgan fingerprint density at radius 3 is 2.59 bits per heavy atom. The molecule has 6 atom stereocenters. The van der Waals surface area contributed by atoms with Crippen LogP contribution < -0.4 is 4.90 Å². The summed E-state index contributed by atoms with van der Waals surface area (Å²) in [6, 6.07) is 9.69. The number of para-hydroxylation sites is 1. The van der Waals surface area contributed by atoms with E-state index >= 15 is 0 Å². The van der Waals surface area contributed by atoms with E-state index in [1.165, 1.54) is 62.7 Å². The predicted octanol–water partition coefficient (Wildman–Crippen LogP) is 5.60. The summed E-state index contributed by atoms with van der Waals surface area (Å²) < 4.78 is 0. The molecule has 1 aromatic rings. The summed E-state index contributed by atoms with van der Waals surface area (Å²) in [6.07, 6.45) is 12.2. The second kappa shape index (κ2) is 8.06. The highest BCUT2D eigenvalue weighted by atomic mass is 16.2. The molecule has 4 aliphatic rings. The normalized spacial score (nSPS) is 38.0. The number of hydrogen-bond acceptors (Lipinski definition) is 2. The number of carbonyl (C=O) groups is 1.